The van der Waals surface area contributed by atoms with Gasteiger partial charge in [0, 0.05) is 17.0 Å². The molecule has 1 saturated carbocycles. The van der Waals surface area contributed by atoms with E-state index in [0.717, 1.165) is 57.5 Å². The Kier molecular flexibility index (Phi) is 7.30. The van der Waals surface area contributed by atoms with Gasteiger partial charge in [0.25, 0.3) is 0 Å². The number of rotatable bonds is 9. The maximum absolute atomic E-state index is 14.5. The zero-order valence-corrected chi connectivity index (χ0v) is 21.6. The van der Waals surface area contributed by atoms with Crippen molar-refractivity contribution < 1.29 is 9.13 Å². The van der Waals surface area contributed by atoms with E-state index in [1.54, 1.807) is 24.5 Å². The van der Waals surface area contributed by atoms with E-state index in [1.165, 1.54) is 12.8 Å². The van der Waals surface area contributed by atoms with E-state index in [2.05, 4.69) is 24.8 Å². The molecular weight excluding hydrogens is 455 g/mol. The Labute approximate surface area is 205 Å². The first kappa shape index (κ1) is 24.0. The van der Waals surface area contributed by atoms with Crippen molar-refractivity contribution in [3.63, 3.8) is 0 Å². The highest BCUT2D eigenvalue weighted by Gasteiger charge is 2.32. The van der Waals surface area contributed by atoms with E-state index < -0.39 is 0 Å². The number of ether oxygens (including phenoxy) is 1. The number of methoxy groups -OCH3 is 1. The van der Waals surface area contributed by atoms with Crippen molar-refractivity contribution in [1.29, 1.82) is 0 Å². The predicted octanol–water partition coefficient (Wildman–Crippen LogP) is 8.29. The molecule has 4 rings (SSSR count). The van der Waals surface area contributed by atoms with Crippen LogP contribution in [0.15, 0.2) is 30.3 Å². The van der Waals surface area contributed by atoms with Gasteiger partial charge in [-0.05, 0) is 74.4 Å². The number of aromatic nitrogens is 1. The Balaban J connectivity index is 1.75. The van der Waals surface area contributed by atoms with Crippen molar-refractivity contribution in [2.45, 2.75) is 59.4 Å². The summed E-state index contributed by atoms with van der Waals surface area (Å²) >= 11 is 8.32. The van der Waals surface area contributed by atoms with Gasteiger partial charge in [-0.2, -0.15) is 0 Å². The molecule has 0 amide bonds. The zero-order valence-electron chi connectivity index (χ0n) is 20.0. The van der Waals surface area contributed by atoms with E-state index >= 15 is 0 Å². The van der Waals surface area contributed by atoms with Crippen LogP contribution in [0.5, 0.6) is 5.75 Å². The molecule has 176 valence electrons. The van der Waals surface area contributed by atoms with Gasteiger partial charge in [-0.3, -0.25) is 0 Å². The Bertz CT molecular complexity index is 1140. The second-order valence-electron chi connectivity index (χ2n) is 9.10. The summed E-state index contributed by atoms with van der Waals surface area (Å²) in [4.78, 5) is 8.60. The largest absolute Gasteiger partial charge is 0.496 e. The lowest BCUT2D eigenvalue weighted by Crippen LogP contribution is -2.30. The van der Waals surface area contributed by atoms with E-state index in [9.17, 15) is 4.39 Å². The van der Waals surface area contributed by atoms with Crippen molar-refractivity contribution in [3.8, 4) is 17.0 Å². The number of benzene rings is 2. The molecule has 1 aliphatic carbocycles. The summed E-state index contributed by atoms with van der Waals surface area (Å²) in [5.74, 6) is 1.34. The average molecular weight is 487 g/mol. The minimum absolute atomic E-state index is 0.110. The van der Waals surface area contributed by atoms with E-state index in [1.807, 2.05) is 32.0 Å². The van der Waals surface area contributed by atoms with Crippen LogP contribution in [0.4, 0.5) is 9.52 Å². The summed E-state index contributed by atoms with van der Waals surface area (Å²) < 4.78 is 19.9. The van der Waals surface area contributed by atoms with Crippen LogP contribution in [0.3, 0.4) is 0 Å². The molecule has 0 radical (unpaired) electrons. The molecule has 1 atom stereocenters. The highest BCUT2D eigenvalue weighted by molar-refractivity contribution is 7.16. The maximum Gasteiger partial charge on any atom is 0.186 e. The third-order valence-electron chi connectivity index (χ3n) is 6.45. The van der Waals surface area contributed by atoms with Crippen LogP contribution in [0.1, 0.15) is 60.2 Å². The van der Waals surface area contributed by atoms with Crippen molar-refractivity contribution in [3.05, 3.63) is 62.7 Å². The number of aryl methyl sites for hydroxylation is 3. The SMILES string of the molecule is CCCN(c1nc(-c2cc(C)c(OC)cc2Cl)c(C)s1)[C@@H](CC1CC1)c1ccc(C)c(F)c1. The zero-order chi connectivity index (χ0) is 23.7. The Morgan fingerprint density at radius 3 is 2.58 bits per heavy atom. The van der Waals surface area contributed by atoms with Crippen molar-refractivity contribution >= 4 is 28.1 Å². The second-order valence-corrected chi connectivity index (χ2v) is 10.7. The van der Waals surface area contributed by atoms with Gasteiger partial charge in [0.1, 0.15) is 11.6 Å². The van der Waals surface area contributed by atoms with Gasteiger partial charge >= 0.3 is 0 Å². The molecule has 3 aromatic rings. The number of hydrogen-bond donors (Lipinski definition) is 0. The lowest BCUT2D eigenvalue weighted by Gasteiger charge is -2.32. The molecule has 1 heterocycles. The fourth-order valence-corrected chi connectivity index (χ4v) is 5.62. The fraction of sp³-hybridized carbons (Fsp3) is 0.444. The molecule has 0 saturated heterocycles. The molecule has 0 aliphatic heterocycles. The Morgan fingerprint density at radius 2 is 1.94 bits per heavy atom. The summed E-state index contributed by atoms with van der Waals surface area (Å²) in [6.45, 7) is 8.98. The van der Waals surface area contributed by atoms with E-state index in [4.69, 9.17) is 21.3 Å². The standard InChI is InChI=1S/C27H32ClFN2OS/c1-6-11-31(24(13-19-8-9-19)20-10-7-16(2)23(29)14-20)27-30-26(18(4)33-27)21-12-17(3)25(32-5)15-22(21)28/h7,10,12,14-15,19,24H,6,8-9,11,13H2,1-5H3/t24-/m0/s1. The molecule has 3 nitrogen and oxygen atoms in total. The van der Waals surface area contributed by atoms with Gasteiger partial charge in [-0.25, -0.2) is 9.37 Å². The number of thiazole rings is 1. The first-order valence-corrected chi connectivity index (χ1v) is 12.9. The minimum atomic E-state index is -0.138. The van der Waals surface area contributed by atoms with Crippen molar-refractivity contribution in [2.24, 2.45) is 5.92 Å². The van der Waals surface area contributed by atoms with Gasteiger partial charge in [-0.1, -0.05) is 43.5 Å². The van der Waals surface area contributed by atoms with Crippen molar-refractivity contribution in [2.75, 3.05) is 18.6 Å². The summed E-state index contributed by atoms with van der Waals surface area (Å²) in [5, 5.41) is 1.61. The van der Waals surface area contributed by atoms with Gasteiger partial charge in [0.2, 0.25) is 0 Å². The summed E-state index contributed by atoms with van der Waals surface area (Å²) in [6, 6.07) is 9.72. The molecular formula is C27H32ClFN2OS. The third-order valence-corrected chi connectivity index (χ3v) is 7.77. The van der Waals surface area contributed by atoms with Crippen LogP contribution >= 0.6 is 22.9 Å². The molecule has 0 bridgehead atoms. The number of hydrogen-bond acceptors (Lipinski definition) is 4. The summed E-state index contributed by atoms with van der Waals surface area (Å²) in [6.07, 6.45) is 4.53. The monoisotopic (exact) mass is 486 g/mol. The lowest BCUT2D eigenvalue weighted by molar-refractivity contribution is 0.412. The minimum Gasteiger partial charge on any atom is -0.496 e. The molecule has 2 aromatic carbocycles. The van der Waals surface area contributed by atoms with Crippen LogP contribution in [-0.2, 0) is 0 Å². The average Bonchev–Trinajstić information content (AvgIpc) is 3.53. The normalized spacial score (nSPS) is 14.4. The number of nitrogens with zero attached hydrogens (tertiary/aromatic N) is 2. The third kappa shape index (κ3) is 5.20. The van der Waals surface area contributed by atoms with Crippen LogP contribution in [0.25, 0.3) is 11.3 Å². The Hall–Kier alpha value is -2.11. The summed E-state index contributed by atoms with van der Waals surface area (Å²) in [5.41, 5.74) is 4.57. The van der Waals surface area contributed by atoms with Gasteiger partial charge in [0.15, 0.2) is 5.13 Å². The molecule has 6 heteroatoms. The smallest absolute Gasteiger partial charge is 0.186 e. The topological polar surface area (TPSA) is 25.4 Å². The molecule has 33 heavy (non-hydrogen) atoms. The van der Waals surface area contributed by atoms with E-state index in [0.29, 0.717) is 16.5 Å². The molecule has 0 N–H and O–H groups in total. The van der Waals surface area contributed by atoms with Crippen LogP contribution in [-0.4, -0.2) is 18.6 Å². The second kappa shape index (κ2) is 10.0. The number of halogens is 2. The van der Waals surface area contributed by atoms with Crippen molar-refractivity contribution in [1.82, 2.24) is 4.98 Å². The highest BCUT2D eigenvalue weighted by atomic mass is 35.5. The quantitative estimate of drug-likeness (QED) is 0.304. The summed E-state index contributed by atoms with van der Waals surface area (Å²) in [7, 11) is 1.65. The van der Waals surface area contributed by atoms with Crippen LogP contribution in [0, 0.1) is 32.5 Å². The molecule has 0 spiro atoms. The first-order chi connectivity index (χ1) is 15.8. The molecule has 1 aliphatic rings. The molecule has 1 fully saturated rings. The predicted molar refractivity (Wildman–Crippen MR) is 137 cm³/mol. The molecule has 1 aromatic heterocycles. The lowest BCUT2D eigenvalue weighted by atomic mass is 9.98. The van der Waals surface area contributed by atoms with Crippen LogP contribution in [0.2, 0.25) is 5.02 Å². The molecule has 0 unspecified atom stereocenters. The number of anilines is 1. The maximum atomic E-state index is 14.5. The Morgan fingerprint density at radius 1 is 1.18 bits per heavy atom. The van der Waals surface area contributed by atoms with Crippen LogP contribution < -0.4 is 9.64 Å². The van der Waals surface area contributed by atoms with E-state index in [-0.39, 0.29) is 11.9 Å². The highest BCUT2D eigenvalue weighted by Crippen LogP contribution is 2.44. The fourth-order valence-electron chi connectivity index (χ4n) is 4.37. The van der Waals surface area contributed by atoms with Gasteiger partial charge in [0.05, 0.1) is 23.9 Å². The van der Waals surface area contributed by atoms with Gasteiger partial charge < -0.3 is 9.64 Å². The first-order valence-electron chi connectivity index (χ1n) is 11.7. The van der Waals surface area contributed by atoms with Gasteiger partial charge in [-0.15, -0.1) is 11.3 Å².